The Morgan fingerprint density at radius 3 is 2.77 bits per heavy atom. The molecule has 0 N–H and O–H groups in total. The van der Waals surface area contributed by atoms with E-state index in [1.54, 1.807) is 5.57 Å². The molecule has 1 saturated carbocycles. The maximum atomic E-state index is 8.51. The molecule has 2 aliphatic carbocycles. The Bertz CT molecular complexity index is 293. The van der Waals surface area contributed by atoms with Gasteiger partial charge in [0.15, 0.2) is 0 Å². The largest absolute Gasteiger partial charge is 0.198 e. The summed E-state index contributed by atoms with van der Waals surface area (Å²) in [6, 6.07) is 2.22. The molecule has 0 radical (unpaired) electrons. The van der Waals surface area contributed by atoms with Crippen LogP contribution in [0.5, 0.6) is 0 Å². The molecule has 0 heterocycles. The number of hydrogen-bond acceptors (Lipinski definition) is 1. The van der Waals surface area contributed by atoms with E-state index in [1.165, 1.54) is 0 Å². The maximum absolute atomic E-state index is 8.51. The molecule has 1 heteroatoms. The van der Waals surface area contributed by atoms with Crippen molar-refractivity contribution in [3.63, 3.8) is 0 Å². The molecule has 0 aromatic heterocycles. The Labute approximate surface area is 80.4 Å². The van der Waals surface area contributed by atoms with Crippen LogP contribution in [0.2, 0.25) is 0 Å². The van der Waals surface area contributed by atoms with E-state index in [1.807, 2.05) is 0 Å². The van der Waals surface area contributed by atoms with Gasteiger partial charge in [0.05, 0.1) is 6.07 Å². The molecular formula is C12H17N. The Kier molecular flexibility index (Phi) is 1.77. The first-order chi connectivity index (χ1) is 6.09. The third-order valence-electron chi connectivity index (χ3n) is 4.27. The topological polar surface area (TPSA) is 23.8 Å². The Morgan fingerprint density at radius 2 is 2.23 bits per heavy atom. The lowest BCUT2D eigenvalue weighted by atomic mass is 9.41. The number of allylic oxidation sites excluding steroid dienone is 2. The van der Waals surface area contributed by atoms with Crippen molar-refractivity contribution in [2.24, 2.45) is 23.2 Å². The molecule has 1 fully saturated rings. The zero-order valence-electron chi connectivity index (χ0n) is 8.67. The summed E-state index contributed by atoms with van der Waals surface area (Å²) in [7, 11) is 0. The Morgan fingerprint density at radius 1 is 1.54 bits per heavy atom. The Balaban J connectivity index is 2.02. The average Bonchev–Trinajstić information content (AvgIpc) is 2.01. The molecule has 0 bridgehead atoms. The molecule has 0 aromatic carbocycles. The molecule has 0 aromatic rings. The molecule has 13 heavy (non-hydrogen) atoms. The van der Waals surface area contributed by atoms with Crippen LogP contribution in [0, 0.1) is 34.5 Å². The van der Waals surface area contributed by atoms with Crippen molar-refractivity contribution in [3.8, 4) is 6.07 Å². The van der Waals surface area contributed by atoms with Gasteiger partial charge in [-0.25, -0.2) is 0 Å². The van der Waals surface area contributed by atoms with Crippen LogP contribution in [0.25, 0.3) is 0 Å². The van der Waals surface area contributed by atoms with Crippen LogP contribution in [0.4, 0.5) is 0 Å². The Hall–Kier alpha value is -0.770. The van der Waals surface area contributed by atoms with E-state index in [0.29, 0.717) is 11.8 Å². The van der Waals surface area contributed by atoms with Gasteiger partial charge in [0.2, 0.25) is 0 Å². The monoisotopic (exact) mass is 175 g/mol. The first-order valence-electron chi connectivity index (χ1n) is 5.16. The van der Waals surface area contributed by atoms with E-state index in [4.69, 9.17) is 5.26 Å². The zero-order valence-corrected chi connectivity index (χ0v) is 8.67. The predicted molar refractivity (Wildman–Crippen MR) is 52.9 cm³/mol. The van der Waals surface area contributed by atoms with Crippen LogP contribution in [0.3, 0.4) is 0 Å². The SMILES string of the molecule is C[C@@H]1C2C=C(CCC#N)[C@H]2C1(C)C. The van der Waals surface area contributed by atoms with Gasteiger partial charge in [-0.2, -0.15) is 5.26 Å². The van der Waals surface area contributed by atoms with Gasteiger partial charge in [-0.15, -0.1) is 0 Å². The van der Waals surface area contributed by atoms with Crippen molar-refractivity contribution >= 4 is 0 Å². The van der Waals surface area contributed by atoms with Gasteiger partial charge >= 0.3 is 0 Å². The summed E-state index contributed by atoms with van der Waals surface area (Å²) in [6.45, 7) is 7.06. The van der Waals surface area contributed by atoms with Crippen molar-refractivity contribution in [1.82, 2.24) is 0 Å². The minimum Gasteiger partial charge on any atom is -0.198 e. The van der Waals surface area contributed by atoms with Crippen LogP contribution in [0.15, 0.2) is 11.6 Å². The second-order valence-corrected chi connectivity index (χ2v) is 5.06. The first kappa shape index (κ1) is 8.81. The second-order valence-electron chi connectivity index (χ2n) is 5.06. The van der Waals surface area contributed by atoms with Gasteiger partial charge in [0.1, 0.15) is 0 Å². The molecular weight excluding hydrogens is 158 g/mol. The lowest BCUT2D eigenvalue weighted by molar-refractivity contribution is -0.0621. The second kappa shape index (κ2) is 2.61. The van der Waals surface area contributed by atoms with Gasteiger partial charge in [-0.1, -0.05) is 32.4 Å². The molecule has 1 unspecified atom stereocenters. The summed E-state index contributed by atoms with van der Waals surface area (Å²) >= 11 is 0. The summed E-state index contributed by atoms with van der Waals surface area (Å²) in [5.41, 5.74) is 2.04. The van der Waals surface area contributed by atoms with Crippen LogP contribution in [-0.2, 0) is 0 Å². The van der Waals surface area contributed by atoms with Crippen LogP contribution < -0.4 is 0 Å². The summed E-state index contributed by atoms with van der Waals surface area (Å²) in [5.74, 6) is 2.47. The maximum Gasteiger partial charge on any atom is 0.0625 e. The lowest BCUT2D eigenvalue weighted by Crippen LogP contribution is -2.56. The minimum atomic E-state index is 0.490. The zero-order chi connectivity index (χ0) is 9.64. The molecule has 3 atom stereocenters. The van der Waals surface area contributed by atoms with Crippen molar-refractivity contribution < 1.29 is 0 Å². The summed E-state index contributed by atoms with van der Waals surface area (Å²) in [4.78, 5) is 0. The van der Waals surface area contributed by atoms with E-state index >= 15 is 0 Å². The van der Waals surface area contributed by atoms with E-state index in [-0.39, 0.29) is 0 Å². The third kappa shape index (κ3) is 0.981. The van der Waals surface area contributed by atoms with E-state index in [9.17, 15) is 0 Å². The molecule has 2 aliphatic rings. The third-order valence-corrected chi connectivity index (χ3v) is 4.27. The molecule has 0 saturated heterocycles. The summed E-state index contributed by atoms with van der Waals surface area (Å²) in [5, 5.41) is 8.51. The van der Waals surface area contributed by atoms with Crippen molar-refractivity contribution in [2.75, 3.05) is 0 Å². The smallest absolute Gasteiger partial charge is 0.0625 e. The van der Waals surface area contributed by atoms with E-state index in [0.717, 1.165) is 24.2 Å². The number of nitrogens with zero attached hydrogens (tertiary/aromatic N) is 1. The van der Waals surface area contributed by atoms with Crippen LogP contribution >= 0.6 is 0 Å². The quantitative estimate of drug-likeness (QED) is 0.591. The lowest BCUT2D eigenvalue weighted by Gasteiger charge is -2.63. The number of fused-ring (bicyclic) bond motifs is 1. The van der Waals surface area contributed by atoms with Gasteiger partial charge in [-0.05, 0) is 29.6 Å². The molecule has 2 rings (SSSR count). The standard InChI is InChI=1S/C12H17N/c1-8-10-7-9(5-4-6-13)11(10)12(8,2)3/h7-8,10-11H,4-5H2,1-3H3/t8-,10?,11-/m1/s1. The molecule has 1 nitrogen and oxygen atoms in total. The highest BCUT2D eigenvalue weighted by atomic mass is 14.6. The highest BCUT2D eigenvalue weighted by molar-refractivity contribution is 5.33. The number of rotatable bonds is 2. The summed E-state index contributed by atoms with van der Waals surface area (Å²) < 4.78 is 0. The van der Waals surface area contributed by atoms with Gasteiger partial charge < -0.3 is 0 Å². The van der Waals surface area contributed by atoms with Gasteiger partial charge in [0.25, 0.3) is 0 Å². The highest BCUT2D eigenvalue weighted by Crippen LogP contribution is 2.65. The highest BCUT2D eigenvalue weighted by Gasteiger charge is 2.58. The van der Waals surface area contributed by atoms with Gasteiger partial charge in [0, 0.05) is 6.42 Å². The summed E-state index contributed by atoms with van der Waals surface area (Å²) in [6.07, 6.45) is 4.10. The fourth-order valence-electron chi connectivity index (χ4n) is 3.08. The van der Waals surface area contributed by atoms with Gasteiger partial charge in [-0.3, -0.25) is 0 Å². The van der Waals surface area contributed by atoms with Crippen LogP contribution in [-0.4, -0.2) is 0 Å². The normalized spacial score (nSPS) is 39.2. The molecule has 0 aliphatic heterocycles. The van der Waals surface area contributed by atoms with E-state index < -0.39 is 0 Å². The number of hydrogen-bond donors (Lipinski definition) is 0. The van der Waals surface area contributed by atoms with Crippen LogP contribution in [0.1, 0.15) is 33.6 Å². The molecule has 0 amide bonds. The minimum absolute atomic E-state index is 0.490. The van der Waals surface area contributed by atoms with Crippen molar-refractivity contribution in [1.29, 1.82) is 5.26 Å². The van der Waals surface area contributed by atoms with Crippen molar-refractivity contribution in [2.45, 2.75) is 33.6 Å². The predicted octanol–water partition coefficient (Wildman–Crippen LogP) is 3.14. The fourth-order valence-corrected chi connectivity index (χ4v) is 3.08. The fraction of sp³-hybridized carbons (Fsp3) is 0.750. The molecule has 70 valence electrons. The molecule has 0 spiro atoms. The number of nitriles is 1. The van der Waals surface area contributed by atoms with Crippen molar-refractivity contribution in [3.05, 3.63) is 11.6 Å². The first-order valence-corrected chi connectivity index (χ1v) is 5.16. The average molecular weight is 175 g/mol. The van der Waals surface area contributed by atoms with E-state index in [2.05, 4.69) is 32.9 Å².